The van der Waals surface area contributed by atoms with Crippen LogP contribution in [0.2, 0.25) is 0 Å². The van der Waals surface area contributed by atoms with E-state index < -0.39 is 0 Å². The van der Waals surface area contributed by atoms with Crippen molar-refractivity contribution in [1.29, 1.82) is 0 Å². The van der Waals surface area contributed by atoms with Crippen molar-refractivity contribution in [2.75, 3.05) is 19.3 Å². The van der Waals surface area contributed by atoms with Crippen molar-refractivity contribution >= 4 is 24.4 Å². The van der Waals surface area contributed by atoms with Gasteiger partial charge in [0.1, 0.15) is 0 Å². The Bertz CT molecular complexity index is 286. The Morgan fingerprint density at radius 1 is 0.727 bits per heavy atom. The third kappa shape index (κ3) is 15.7. The normalized spacial score (nSPS) is 10.5. The van der Waals surface area contributed by atoms with Gasteiger partial charge in [-0.05, 0) is 12.8 Å². The summed E-state index contributed by atoms with van der Waals surface area (Å²) in [5.41, 5.74) is 0. The lowest BCUT2D eigenvalue weighted by molar-refractivity contribution is -0.121. The van der Waals surface area contributed by atoms with Gasteiger partial charge in [-0.1, -0.05) is 51.4 Å². The number of carbonyl (C=O) groups excluding carboxylic acids is 2. The molecule has 0 aliphatic heterocycles. The van der Waals surface area contributed by atoms with Crippen molar-refractivity contribution in [2.24, 2.45) is 0 Å². The van der Waals surface area contributed by atoms with Crippen molar-refractivity contribution in [3.8, 4) is 0 Å². The predicted molar refractivity (Wildman–Crippen MR) is 96.3 cm³/mol. The lowest BCUT2D eigenvalue weighted by atomic mass is 10.0. The molecule has 0 spiro atoms. The Morgan fingerprint density at radius 2 is 1.14 bits per heavy atom. The second-order valence-corrected chi connectivity index (χ2v) is 6.23. The molecule has 0 aromatic carbocycles. The largest absolute Gasteiger partial charge is 0.359 e. The molecule has 0 radical (unpaired) electrons. The summed E-state index contributed by atoms with van der Waals surface area (Å²) in [5, 5.41) is 5.49. The van der Waals surface area contributed by atoms with E-state index in [-0.39, 0.29) is 11.8 Å². The van der Waals surface area contributed by atoms with Crippen LogP contribution in [-0.4, -0.2) is 31.2 Å². The summed E-state index contributed by atoms with van der Waals surface area (Å²) in [6, 6.07) is 0. The van der Waals surface area contributed by atoms with E-state index in [4.69, 9.17) is 0 Å². The van der Waals surface area contributed by atoms with Gasteiger partial charge in [0, 0.05) is 32.2 Å². The Morgan fingerprint density at radius 3 is 1.55 bits per heavy atom. The summed E-state index contributed by atoms with van der Waals surface area (Å²) in [4.78, 5) is 22.4. The predicted octanol–water partition coefficient (Wildman–Crippen LogP) is 3.46. The van der Waals surface area contributed by atoms with Crippen molar-refractivity contribution in [1.82, 2.24) is 10.6 Å². The van der Waals surface area contributed by atoms with E-state index in [1.54, 1.807) is 7.05 Å². The van der Waals surface area contributed by atoms with E-state index in [1.807, 2.05) is 0 Å². The number of rotatable bonds is 15. The van der Waals surface area contributed by atoms with Crippen LogP contribution >= 0.6 is 12.6 Å². The highest BCUT2D eigenvalue weighted by Gasteiger charge is 2.00. The molecule has 0 rings (SSSR count). The molecule has 5 heteroatoms. The van der Waals surface area contributed by atoms with Gasteiger partial charge in [0.2, 0.25) is 11.8 Å². The van der Waals surface area contributed by atoms with E-state index >= 15 is 0 Å². The topological polar surface area (TPSA) is 58.2 Å². The Labute approximate surface area is 141 Å². The molecule has 0 aromatic heterocycles. The zero-order chi connectivity index (χ0) is 16.5. The highest BCUT2D eigenvalue weighted by molar-refractivity contribution is 7.80. The lowest BCUT2D eigenvalue weighted by Crippen LogP contribution is -2.24. The zero-order valence-electron chi connectivity index (χ0n) is 14.2. The number of nitrogens with one attached hydrogen (secondary N) is 2. The van der Waals surface area contributed by atoms with Gasteiger partial charge in [-0.15, -0.1) is 0 Å². The number of hydrogen-bond acceptors (Lipinski definition) is 3. The van der Waals surface area contributed by atoms with Crippen LogP contribution in [0, 0.1) is 0 Å². The van der Waals surface area contributed by atoms with Crippen LogP contribution in [-0.2, 0) is 9.59 Å². The average molecular weight is 331 g/mol. The molecule has 2 N–H and O–H groups in total. The highest BCUT2D eigenvalue weighted by Crippen LogP contribution is 2.11. The molecule has 0 saturated carbocycles. The van der Waals surface area contributed by atoms with Gasteiger partial charge in [-0.25, -0.2) is 0 Å². The van der Waals surface area contributed by atoms with Gasteiger partial charge >= 0.3 is 0 Å². The molecule has 0 atom stereocenters. The van der Waals surface area contributed by atoms with Crippen LogP contribution in [0.4, 0.5) is 0 Å². The number of hydrogen-bond donors (Lipinski definition) is 3. The Hall–Kier alpha value is -0.710. The molecule has 0 bridgehead atoms. The number of carbonyl (C=O) groups is 2. The fraction of sp³-hybridized carbons (Fsp3) is 0.882. The second-order valence-electron chi connectivity index (χ2n) is 5.78. The first-order valence-corrected chi connectivity index (χ1v) is 9.42. The zero-order valence-corrected chi connectivity index (χ0v) is 15.1. The van der Waals surface area contributed by atoms with Gasteiger partial charge in [0.05, 0.1) is 0 Å². The Kier molecular flexibility index (Phi) is 16.1. The summed E-state index contributed by atoms with van der Waals surface area (Å²) in [7, 11) is 1.69. The minimum absolute atomic E-state index is 0.152. The fourth-order valence-electron chi connectivity index (χ4n) is 2.39. The fourth-order valence-corrected chi connectivity index (χ4v) is 2.51. The minimum Gasteiger partial charge on any atom is -0.359 e. The highest BCUT2D eigenvalue weighted by atomic mass is 32.1. The molecule has 4 nitrogen and oxygen atoms in total. The van der Waals surface area contributed by atoms with E-state index in [1.165, 1.54) is 38.5 Å². The summed E-state index contributed by atoms with van der Waals surface area (Å²) < 4.78 is 0. The molecular formula is C17H34N2O2S. The first kappa shape index (κ1) is 21.3. The molecule has 0 aliphatic carbocycles. The van der Waals surface area contributed by atoms with Gasteiger partial charge in [-0.2, -0.15) is 12.6 Å². The third-order valence-electron chi connectivity index (χ3n) is 3.77. The maximum Gasteiger partial charge on any atom is 0.220 e. The summed E-state index contributed by atoms with van der Waals surface area (Å²) in [6.45, 7) is 0.672. The van der Waals surface area contributed by atoms with E-state index in [2.05, 4.69) is 23.3 Å². The molecular weight excluding hydrogens is 296 g/mol. The standard InChI is InChI=1S/C17H34N2O2S/c1-18-16(20)12-10-8-6-4-2-3-5-7-9-11-13-17(21)19-14-15-22/h22H,2-15H2,1H3,(H,18,20)(H,19,21). The van der Waals surface area contributed by atoms with E-state index in [0.29, 0.717) is 25.1 Å². The molecule has 22 heavy (non-hydrogen) atoms. The van der Waals surface area contributed by atoms with Gasteiger partial charge < -0.3 is 10.6 Å². The first-order valence-electron chi connectivity index (χ1n) is 8.79. The molecule has 0 aliphatic rings. The van der Waals surface area contributed by atoms with Gasteiger partial charge in [-0.3, -0.25) is 9.59 Å². The maximum absolute atomic E-state index is 11.4. The van der Waals surface area contributed by atoms with Gasteiger partial charge in [0.25, 0.3) is 0 Å². The van der Waals surface area contributed by atoms with Crippen molar-refractivity contribution in [3.05, 3.63) is 0 Å². The molecule has 0 fully saturated rings. The van der Waals surface area contributed by atoms with E-state index in [0.717, 1.165) is 25.7 Å². The van der Waals surface area contributed by atoms with E-state index in [9.17, 15) is 9.59 Å². The summed E-state index contributed by atoms with van der Waals surface area (Å²) in [6.07, 6.45) is 13.2. The Balaban J connectivity index is 3.11. The molecule has 130 valence electrons. The SMILES string of the molecule is CNC(=O)CCCCCCCCCCCCC(=O)NCCS. The summed E-state index contributed by atoms with van der Waals surface area (Å²) >= 11 is 4.06. The quantitative estimate of drug-likeness (QED) is 0.318. The van der Waals surface area contributed by atoms with Crippen LogP contribution in [0.1, 0.15) is 77.0 Å². The lowest BCUT2D eigenvalue weighted by Gasteiger charge is -2.04. The van der Waals surface area contributed by atoms with Crippen LogP contribution in [0.25, 0.3) is 0 Å². The third-order valence-corrected chi connectivity index (χ3v) is 3.99. The number of unbranched alkanes of at least 4 members (excludes halogenated alkanes) is 9. The van der Waals surface area contributed by atoms with Crippen molar-refractivity contribution < 1.29 is 9.59 Å². The minimum atomic E-state index is 0.152. The molecule has 0 aromatic rings. The van der Waals surface area contributed by atoms with Crippen LogP contribution in [0.15, 0.2) is 0 Å². The van der Waals surface area contributed by atoms with Crippen LogP contribution in [0.5, 0.6) is 0 Å². The van der Waals surface area contributed by atoms with Crippen LogP contribution < -0.4 is 10.6 Å². The van der Waals surface area contributed by atoms with Gasteiger partial charge in [0.15, 0.2) is 0 Å². The summed E-state index contributed by atoms with van der Waals surface area (Å²) in [5.74, 6) is 1.02. The molecule has 0 saturated heterocycles. The second kappa shape index (κ2) is 16.7. The number of amides is 2. The average Bonchev–Trinajstić information content (AvgIpc) is 2.53. The van der Waals surface area contributed by atoms with Crippen molar-refractivity contribution in [3.63, 3.8) is 0 Å². The van der Waals surface area contributed by atoms with Crippen molar-refractivity contribution in [2.45, 2.75) is 77.0 Å². The molecule has 0 unspecified atom stereocenters. The maximum atomic E-state index is 11.4. The number of thiol groups is 1. The molecule has 2 amide bonds. The van der Waals surface area contributed by atoms with Crippen LogP contribution in [0.3, 0.4) is 0 Å². The molecule has 0 heterocycles. The smallest absolute Gasteiger partial charge is 0.220 e. The monoisotopic (exact) mass is 330 g/mol. The first-order chi connectivity index (χ1) is 10.7.